The fraction of sp³-hybridized carbons (Fsp3) is 0.429. The zero-order chi connectivity index (χ0) is 22.8. The molecule has 2 unspecified atom stereocenters. The summed E-state index contributed by atoms with van der Waals surface area (Å²) in [6.45, 7) is 0. The highest BCUT2D eigenvalue weighted by atomic mass is 16.5. The number of primary amides is 1. The molecular weight excluding hydrogens is 410 g/mol. The molecule has 31 heavy (non-hydrogen) atoms. The second kappa shape index (κ2) is 6.81. The van der Waals surface area contributed by atoms with Crippen molar-refractivity contribution in [2.75, 3.05) is 7.11 Å². The zero-order valence-corrected chi connectivity index (χ0v) is 16.4. The number of aliphatic hydroxyl groups is 1. The van der Waals surface area contributed by atoms with Gasteiger partial charge in [0, 0.05) is 12.3 Å². The molecule has 1 amide bonds. The van der Waals surface area contributed by atoms with Gasteiger partial charge in [-0.15, -0.1) is 0 Å². The van der Waals surface area contributed by atoms with E-state index >= 15 is 0 Å². The molecule has 4 N–H and O–H groups in total. The van der Waals surface area contributed by atoms with Gasteiger partial charge >= 0.3 is 5.97 Å². The number of amides is 1. The molecule has 0 heterocycles. The first kappa shape index (κ1) is 20.9. The van der Waals surface area contributed by atoms with Crippen LogP contribution in [-0.2, 0) is 30.3 Å². The first-order valence-corrected chi connectivity index (χ1v) is 9.64. The van der Waals surface area contributed by atoms with Crippen molar-refractivity contribution in [3.63, 3.8) is 0 Å². The maximum absolute atomic E-state index is 13.3. The molecule has 162 valence electrons. The van der Waals surface area contributed by atoms with Gasteiger partial charge in [0.15, 0.2) is 34.7 Å². The van der Waals surface area contributed by atoms with E-state index < -0.39 is 76.5 Å². The molecule has 1 aromatic rings. The van der Waals surface area contributed by atoms with Crippen LogP contribution in [0.15, 0.2) is 12.1 Å². The van der Waals surface area contributed by atoms with Gasteiger partial charge in [-0.1, -0.05) is 6.07 Å². The van der Waals surface area contributed by atoms with Crippen molar-refractivity contribution < 1.29 is 43.7 Å². The molecule has 0 bridgehead atoms. The van der Waals surface area contributed by atoms with Gasteiger partial charge in [0.05, 0.1) is 18.6 Å². The van der Waals surface area contributed by atoms with Crippen LogP contribution in [0.1, 0.15) is 39.1 Å². The van der Waals surface area contributed by atoms with Crippen LogP contribution < -0.4 is 5.73 Å². The highest BCUT2D eigenvalue weighted by molar-refractivity contribution is 6.31. The summed E-state index contributed by atoms with van der Waals surface area (Å²) in [5, 5.41) is 21.6. The molecule has 2 fully saturated rings. The third kappa shape index (κ3) is 2.67. The predicted molar refractivity (Wildman–Crippen MR) is 99.8 cm³/mol. The quantitative estimate of drug-likeness (QED) is 0.397. The average Bonchev–Trinajstić information content (AvgIpc) is 2.70. The molecule has 0 radical (unpaired) electrons. The number of esters is 1. The van der Waals surface area contributed by atoms with E-state index in [0.29, 0.717) is 5.56 Å². The van der Waals surface area contributed by atoms with Gasteiger partial charge in [0.25, 0.3) is 0 Å². The summed E-state index contributed by atoms with van der Waals surface area (Å²) in [5.74, 6) is -11.9. The van der Waals surface area contributed by atoms with Crippen LogP contribution in [0.4, 0.5) is 0 Å². The van der Waals surface area contributed by atoms with Crippen LogP contribution in [0, 0.1) is 23.7 Å². The van der Waals surface area contributed by atoms with Crippen molar-refractivity contribution in [2.24, 2.45) is 29.4 Å². The second-order valence-corrected chi connectivity index (χ2v) is 8.23. The van der Waals surface area contributed by atoms with Crippen molar-refractivity contribution in [2.45, 2.75) is 24.9 Å². The number of fused-ring (bicyclic) bond motifs is 3. The molecule has 4 rings (SSSR count). The first-order chi connectivity index (χ1) is 14.5. The Kier molecular flexibility index (Phi) is 4.58. The summed E-state index contributed by atoms with van der Waals surface area (Å²) >= 11 is 0. The minimum Gasteiger partial charge on any atom is -0.506 e. The van der Waals surface area contributed by atoms with Crippen LogP contribution in [0.25, 0.3) is 0 Å². The van der Waals surface area contributed by atoms with Crippen molar-refractivity contribution in [1.82, 2.24) is 0 Å². The number of carbonyl (C=O) groups excluding carboxylic acids is 6. The highest BCUT2D eigenvalue weighted by Crippen LogP contribution is 2.50. The molecular formula is C21H19NO9. The van der Waals surface area contributed by atoms with Crippen LogP contribution in [0.5, 0.6) is 5.75 Å². The number of rotatable bonds is 2. The Morgan fingerprint density at radius 3 is 2.42 bits per heavy atom. The Balaban J connectivity index is 1.80. The lowest BCUT2D eigenvalue weighted by molar-refractivity contribution is -0.175. The number of ether oxygens (including phenoxy) is 1. The van der Waals surface area contributed by atoms with Gasteiger partial charge in [-0.25, -0.2) is 4.79 Å². The average molecular weight is 429 g/mol. The summed E-state index contributed by atoms with van der Waals surface area (Å²) in [4.78, 5) is 75.0. The molecule has 0 saturated heterocycles. The molecule has 10 heteroatoms. The van der Waals surface area contributed by atoms with Crippen molar-refractivity contribution >= 4 is 35.0 Å². The number of phenols is 1. The van der Waals surface area contributed by atoms with Gasteiger partial charge in [-0.05, 0) is 30.4 Å². The van der Waals surface area contributed by atoms with E-state index in [4.69, 9.17) is 5.73 Å². The third-order valence-corrected chi connectivity index (χ3v) is 6.68. The van der Waals surface area contributed by atoms with E-state index in [1.54, 1.807) is 0 Å². The van der Waals surface area contributed by atoms with Gasteiger partial charge in [-0.3, -0.25) is 24.0 Å². The predicted octanol–water partition coefficient (Wildman–Crippen LogP) is -0.886. The maximum atomic E-state index is 13.3. The zero-order valence-electron chi connectivity index (χ0n) is 16.4. The molecule has 0 aliphatic heterocycles. The van der Waals surface area contributed by atoms with E-state index in [-0.39, 0.29) is 24.0 Å². The second-order valence-electron chi connectivity index (χ2n) is 8.23. The SMILES string of the molecule is COC(=O)c1ccc2c(c1O)C(=O)C1C(=O)[C@]3(O)C(=O)C(C(N)=O)C(=O)C[C@@H]3C[C@@H]1C2. The molecule has 3 aliphatic rings. The minimum atomic E-state index is -2.70. The van der Waals surface area contributed by atoms with Crippen molar-refractivity contribution in [3.8, 4) is 5.75 Å². The van der Waals surface area contributed by atoms with Crippen LogP contribution in [-0.4, -0.2) is 57.9 Å². The Bertz CT molecular complexity index is 1090. The lowest BCUT2D eigenvalue weighted by Crippen LogP contribution is -2.68. The van der Waals surface area contributed by atoms with Gasteiger partial charge in [-0.2, -0.15) is 0 Å². The number of methoxy groups -OCH3 is 1. The number of nitrogens with two attached hydrogens (primary N) is 1. The van der Waals surface area contributed by atoms with E-state index in [0.717, 1.165) is 7.11 Å². The number of aromatic hydroxyl groups is 1. The van der Waals surface area contributed by atoms with E-state index in [2.05, 4.69) is 4.74 Å². The van der Waals surface area contributed by atoms with E-state index in [9.17, 15) is 39.0 Å². The normalized spacial score (nSPS) is 32.1. The number of hydrogen-bond acceptors (Lipinski definition) is 9. The van der Waals surface area contributed by atoms with Crippen molar-refractivity contribution in [1.29, 1.82) is 0 Å². The molecule has 5 atom stereocenters. The van der Waals surface area contributed by atoms with Crippen LogP contribution >= 0.6 is 0 Å². The van der Waals surface area contributed by atoms with E-state index in [1.165, 1.54) is 12.1 Å². The fourth-order valence-electron chi connectivity index (χ4n) is 5.22. The monoisotopic (exact) mass is 429 g/mol. The first-order valence-electron chi connectivity index (χ1n) is 9.64. The topological polar surface area (TPSA) is 178 Å². The lowest BCUT2D eigenvalue weighted by Gasteiger charge is -2.48. The number of ketones is 4. The standard InChI is InChI=1S/C21H19NO9/c1-31-20(29)10-3-2-7-4-8-5-9-6-11(23)14(19(22)28)18(27)21(9,30)17(26)13(8)16(25)12(7)15(10)24/h2-3,8-9,13-14,24,30H,4-6H2,1H3,(H2,22,28)/t8-,9-,13?,14?,21-/m0/s1. The summed E-state index contributed by atoms with van der Waals surface area (Å²) in [7, 11) is 1.10. The number of carbonyl (C=O) groups is 6. The molecule has 3 aliphatic carbocycles. The molecule has 2 saturated carbocycles. The molecule has 0 spiro atoms. The number of Topliss-reactive ketones (excluding diaryl/α,β-unsaturated/α-hetero) is 4. The third-order valence-electron chi connectivity index (χ3n) is 6.68. The Labute approximate surface area is 175 Å². The van der Waals surface area contributed by atoms with E-state index in [1.807, 2.05) is 0 Å². The minimum absolute atomic E-state index is 0.0144. The lowest BCUT2D eigenvalue weighted by atomic mass is 9.54. The maximum Gasteiger partial charge on any atom is 0.341 e. The van der Waals surface area contributed by atoms with Gasteiger partial charge < -0.3 is 20.7 Å². The van der Waals surface area contributed by atoms with Crippen LogP contribution in [0.2, 0.25) is 0 Å². The summed E-state index contributed by atoms with van der Waals surface area (Å²) in [6.07, 6.45) is -0.223. The Hall–Kier alpha value is -3.40. The van der Waals surface area contributed by atoms with Gasteiger partial charge in [0.2, 0.25) is 5.91 Å². The van der Waals surface area contributed by atoms with Gasteiger partial charge in [0.1, 0.15) is 11.3 Å². The highest BCUT2D eigenvalue weighted by Gasteiger charge is 2.66. The van der Waals surface area contributed by atoms with Crippen LogP contribution in [0.3, 0.4) is 0 Å². The summed E-state index contributed by atoms with van der Waals surface area (Å²) in [6, 6.07) is 2.78. The number of phenolic OH excluding ortho intramolecular Hbond substituents is 1. The molecule has 10 nitrogen and oxygen atoms in total. The fourth-order valence-corrected chi connectivity index (χ4v) is 5.22. The number of hydrogen-bond donors (Lipinski definition) is 3. The summed E-state index contributed by atoms with van der Waals surface area (Å²) < 4.78 is 4.58. The Morgan fingerprint density at radius 2 is 1.81 bits per heavy atom. The number of benzene rings is 1. The smallest absolute Gasteiger partial charge is 0.341 e. The molecule has 1 aromatic carbocycles. The Morgan fingerprint density at radius 1 is 1.13 bits per heavy atom. The summed E-state index contributed by atoms with van der Waals surface area (Å²) in [5.41, 5.74) is 2.32. The molecule has 0 aromatic heterocycles. The van der Waals surface area contributed by atoms with Crippen molar-refractivity contribution in [3.05, 3.63) is 28.8 Å². The largest absolute Gasteiger partial charge is 0.506 e.